The molecule has 4 nitrogen and oxygen atoms in total. The lowest BCUT2D eigenvalue weighted by molar-refractivity contribution is -0.238. The molecule has 0 bridgehead atoms. The van der Waals surface area contributed by atoms with Crippen LogP contribution in [0.5, 0.6) is 0 Å². The zero-order valence-corrected chi connectivity index (χ0v) is 10.9. The van der Waals surface area contributed by atoms with E-state index in [2.05, 4.69) is 13.6 Å². The highest BCUT2D eigenvalue weighted by Gasteiger charge is 2.51. The minimum absolute atomic E-state index is 0.339. The predicted molar refractivity (Wildman–Crippen MR) is 52.5 cm³/mol. The van der Waals surface area contributed by atoms with Crippen molar-refractivity contribution in [3.63, 3.8) is 0 Å². The number of alkyl halides is 6. The van der Waals surface area contributed by atoms with Crippen molar-refractivity contribution in [1.29, 1.82) is 0 Å². The van der Waals surface area contributed by atoms with Gasteiger partial charge in [0.05, 0.1) is 19.6 Å². The van der Waals surface area contributed by atoms with E-state index in [1.54, 1.807) is 0 Å². The zero-order chi connectivity index (χ0) is 15.3. The first kappa shape index (κ1) is 18.7. The molecule has 116 valence electrons. The summed E-state index contributed by atoms with van der Waals surface area (Å²) < 4.78 is 97.6. The molecule has 0 fully saturated rings. The largest absolute Gasteiger partial charge is 0.475 e. The molecule has 11 heteroatoms. The second-order valence-corrected chi connectivity index (χ2v) is 4.86. The van der Waals surface area contributed by atoms with Crippen molar-refractivity contribution in [1.82, 2.24) is 0 Å². The molecule has 0 rings (SSSR count). The Balaban J connectivity index is 5.02. The minimum atomic E-state index is -5.35. The summed E-state index contributed by atoms with van der Waals surface area (Å²) in [5.74, 6) is 0. The van der Waals surface area contributed by atoms with Gasteiger partial charge in [0.15, 0.2) is 6.10 Å². The fourth-order valence-electron chi connectivity index (χ4n) is 0.993. The van der Waals surface area contributed by atoms with Crippen LogP contribution in [0.1, 0.15) is 20.3 Å². The number of hydrogen-bond acceptors (Lipinski definition) is 4. The lowest BCUT2D eigenvalue weighted by Crippen LogP contribution is -2.35. The molecule has 0 radical (unpaired) electrons. The SMILES string of the molecule is CCOP(=O)(OCC)OC(CC(F)(F)F)C(F)(F)F. The number of hydrogen-bond donors (Lipinski definition) is 0. The molecule has 0 aliphatic rings. The highest BCUT2D eigenvalue weighted by atomic mass is 31.2. The normalized spacial score (nSPS) is 15.6. The van der Waals surface area contributed by atoms with Crippen molar-refractivity contribution in [3.8, 4) is 0 Å². The third-order valence-corrected chi connectivity index (χ3v) is 3.27. The summed E-state index contributed by atoms with van der Waals surface area (Å²) in [6.07, 6.45) is -16.1. The first-order valence-corrected chi connectivity index (χ1v) is 6.60. The number of phosphoric acid groups is 1. The van der Waals surface area contributed by atoms with Gasteiger partial charge >= 0.3 is 20.2 Å². The maximum absolute atomic E-state index is 12.4. The van der Waals surface area contributed by atoms with Gasteiger partial charge in [0.2, 0.25) is 0 Å². The van der Waals surface area contributed by atoms with Crippen LogP contribution in [0.15, 0.2) is 0 Å². The Hall–Kier alpha value is -0.310. The first-order chi connectivity index (χ1) is 8.43. The second-order valence-electron chi connectivity index (χ2n) is 3.24. The minimum Gasteiger partial charge on any atom is -0.287 e. The van der Waals surface area contributed by atoms with Crippen molar-refractivity contribution in [2.45, 2.75) is 38.7 Å². The molecule has 1 atom stereocenters. The predicted octanol–water partition coefficient (Wildman–Crippen LogP) is 4.07. The Morgan fingerprint density at radius 2 is 1.42 bits per heavy atom. The van der Waals surface area contributed by atoms with E-state index in [0.29, 0.717) is 0 Å². The van der Waals surface area contributed by atoms with Crippen LogP contribution in [0.3, 0.4) is 0 Å². The van der Waals surface area contributed by atoms with Crippen LogP contribution in [0.25, 0.3) is 0 Å². The van der Waals surface area contributed by atoms with Gasteiger partial charge in [-0.3, -0.25) is 13.6 Å². The standard InChI is InChI=1S/C8H13F6O4P/c1-3-16-19(15,17-4-2)18-6(8(12,13)14)5-7(9,10)11/h6H,3-5H2,1-2H3. The fraction of sp³-hybridized carbons (Fsp3) is 1.00. The van der Waals surface area contributed by atoms with Crippen molar-refractivity contribution in [2.75, 3.05) is 13.2 Å². The van der Waals surface area contributed by atoms with E-state index in [4.69, 9.17) is 0 Å². The molecule has 0 aliphatic heterocycles. The molecule has 0 aromatic carbocycles. The summed E-state index contributed by atoms with van der Waals surface area (Å²) in [5.41, 5.74) is 0. The van der Waals surface area contributed by atoms with Crippen molar-refractivity contribution < 1.29 is 44.5 Å². The smallest absolute Gasteiger partial charge is 0.287 e. The zero-order valence-electron chi connectivity index (χ0n) is 10.0. The molecule has 0 heterocycles. The summed E-state index contributed by atoms with van der Waals surface area (Å²) in [6.45, 7) is 1.88. The number of halogens is 6. The van der Waals surface area contributed by atoms with Gasteiger partial charge in [-0.2, -0.15) is 26.3 Å². The quantitative estimate of drug-likeness (QED) is 0.524. The van der Waals surface area contributed by atoms with Gasteiger partial charge in [-0.05, 0) is 13.8 Å². The van der Waals surface area contributed by atoms with Gasteiger partial charge in [-0.1, -0.05) is 0 Å². The average Bonchev–Trinajstić information content (AvgIpc) is 2.13. The molecule has 0 spiro atoms. The summed E-state index contributed by atoms with van der Waals surface area (Å²) in [4.78, 5) is 0. The lowest BCUT2D eigenvalue weighted by atomic mass is 10.2. The average molecular weight is 318 g/mol. The van der Waals surface area contributed by atoms with E-state index in [1.165, 1.54) is 13.8 Å². The van der Waals surface area contributed by atoms with E-state index >= 15 is 0 Å². The molecule has 0 aromatic heterocycles. The molecular weight excluding hydrogens is 305 g/mol. The second kappa shape index (κ2) is 6.92. The van der Waals surface area contributed by atoms with Crippen molar-refractivity contribution in [3.05, 3.63) is 0 Å². The summed E-state index contributed by atoms with van der Waals surface area (Å²) in [5, 5.41) is 0. The maximum Gasteiger partial charge on any atom is 0.475 e. The van der Waals surface area contributed by atoms with Gasteiger partial charge in [0.1, 0.15) is 0 Å². The van der Waals surface area contributed by atoms with Crippen LogP contribution in [0, 0.1) is 0 Å². The maximum atomic E-state index is 12.4. The van der Waals surface area contributed by atoms with Gasteiger partial charge in [0.25, 0.3) is 0 Å². The molecule has 0 amide bonds. The highest BCUT2D eigenvalue weighted by molar-refractivity contribution is 7.48. The molecule has 0 saturated carbocycles. The van der Waals surface area contributed by atoms with Crippen molar-refractivity contribution in [2.24, 2.45) is 0 Å². The van der Waals surface area contributed by atoms with E-state index < -0.39 is 32.7 Å². The first-order valence-electron chi connectivity index (χ1n) is 5.14. The molecule has 0 N–H and O–H groups in total. The van der Waals surface area contributed by atoms with Crippen LogP contribution < -0.4 is 0 Å². The molecule has 1 unspecified atom stereocenters. The van der Waals surface area contributed by atoms with Crippen molar-refractivity contribution >= 4 is 7.82 Å². The monoisotopic (exact) mass is 318 g/mol. The summed E-state index contributed by atoms with van der Waals surface area (Å²) in [7, 11) is -4.68. The van der Waals surface area contributed by atoms with Gasteiger partial charge in [-0.15, -0.1) is 0 Å². The van der Waals surface area contributed by atoms with E-state index in [9.17, 15) is 30.9 Å². The molecule has 0 aliphatic carbocycles. The Kier molecular flexibility index (Phi) is 6.80. The number of rotatable bonds is 7. The van der Waals surface area contributed by atoms with Crippen LogP contribution in [0.4, 0.5) is 26.3 Å². The van der Waals surface area contributed by atoms with E-state index in [-0.39, 0.29) is 13.2 Å². The van der Waals surface area contributed by atoms with E-state index in [1.807, 2.05) is 0 Å². The fourth-order valence-corrected chi connectivity index (χ4v) is 2.33. The molecular formula is C8H13F6O4P. The van der Waals surface area contributed by atoms with E-state index in [0.717, 1.165) is 0 Å². The van der Waals surface area contributed by atoms with Crippen LogP contribution in [-0.4, -0.2) is 31.7 Å². The summed E-state index contributed by atoms with van der Waals surface area (Å²) >= 11 is 0. The third kappa shape index (κ3) is 7.76. The van der Waals surface area contributed by atoms with Crippen LogP contribution in [0.2, 0.25) is 0 Å². The Morgan fingerprint density at radius 3 is 1.68 bits per heavy atom. The molecule has 19 heavy (non-hydrogen) atoms. The Labute approximate surface area is 105 Å². The summed E-state index contributed by atoms with van der Waals surface area (Å²) in [6, 6.07) is 0. The van der Waals surface area contributed by atoms with Gasteiger partial charge in [0, 0.05) is 0 Å². The topological polar surface area (TPSA) is 44.8 Å². The van der Waals surface area contributed by atoms with Crippen LogP contribution >= 0.6 is 7.82 Å². The van der Waals surface area contributed by atoms with Gasteiger partial charge in [-0.25, -0.2) is 4.57 Å². The highest BCUT2D eigenvalue weighted by Crippen LogP contribution is 2.53. The van der Waals surface area contributed by atoms with Crippen LogP contribution in [-0.2, 0) is 18.1 Å². The Morgan fingerprint density at radius 1 is 1.00 bits per heavy atom. The van der Waals surface area contributed by atoms with Gasteiger partial charge < -0.3 is 0 Å². The number of phosphoric ester groups is 1. The molecule has 0 aromatic rings. The molecule has 0 saturated heterocycles. The third-order valence-electron chi connectivity index (χ3n) is 1.61. The Bertz CT molecular complexity index is 305. The lowest BCUT2D eigenvalue weighted by Gasteiger charge is -2.25.